The normalized spacial score (nSPS) is 18.3. The molecule has 1 fully saturated rings. The van der Waals surface area contributed by atoms with E-state index in [1.54, 1.807) is 7.11 Å². The maximum atomic E-state index is 5.57. The predicted molar refractivity (Wildman–Crippen MR) is 146 cm³/mol. The Morgan fingerprint density at radius 3 is 2.55 bits per heavy atom. The van der Waals surface area contributed by atoms with Gasteiger partial charge in [-0.15, -0.1) is 0 Å². The summed E-state index contributed by atoms with van der Waals surface area (Å²) in [6.07, 6.45) is 4.78. The third kappa shape index (κ3) is 6.00. The lowest BCUT2D eigenvalue weighted by Gasteiger charge is -2.30. The molecule has 0 aliphatic heterocycles. The highest BCUT2D eigenvalue weighted by molar-refractivity contribution is 9.11. The number of fused-ring (bicyclic) bond motifs is 1. The number of nitrogens with one attached hydrogen (secondary N) is 2. The van der Waals surface area contributed by atoms with Crippen molar-refractivity contribution in [2.24, 2.45) is 5.92 Å². The van der Waals surface area contributed by atoms with E-state index >= 15 is 0 Å². The molecule has 0 amide bonds. The van der Waals surface area contributed by atoms with Crippen molar-refractivity contribution in [1.29, 1.82) is 0 Å². The van der Waals surface area contributed by atoms with Crippen molar-refractivity contribution in [2.75, 3.05) is 38.0 Å². The lowest BCUT2D eigenvalue weighted by molar-refractivity contribution is 0.323. The smallest absolute Gasteiger partial charge is 0.137 e. The number of halogens is 2. The molecule has 7 heteroatoms. The highest BCUT2D eigenvalue weighted by Gasteiger charge is 2.22. The van der Waals surface area contributed by atoms with E-state index in [-0.39, 0.29) is 0 Å². The minimum atomic E-state index is 0.478. The van der Waals surface area contributed by atoms with Gasteiger partial charge in [-0.05, 0) is 72.3 Å². The second-order valence-electron chi connectivity index (χ2n) is 9.01. The largest absolute Gasteiger partial charge is 0.495 e. The van der Waals surface area contributed by atoms with Gasteiger partial charge in [-0.1, -0.05) is 34.1 Å². The third-order valence-corrected chi connectivity index (χ3v) is 7.46. The second kappa shape index (κ2) is 11.1. The summed E-state index contributed by atoms with van der Waals surface area (Å²) < 4.78 is 7.60. The molecule has 1 heterocycles. The number of nitrogens with zero attached hydrogens (tertiary/aromatic N) is 2. The number of hydrogen-bond acceptors (Lipinski definition) is 5. The summed E-state index contributed by atoms with van der Waals surface area (Å²) in [6.45, 7) is 1.83. The zero-order valence-corrected chi connectivity index (χ0v) is 22.7. The molecule has 1 saturated carbocycles. The van der Waals surface area contributed by atoms with E-state index in [4.69, 9.17) is 9.72 Å². The Labute approximate surface area is 213 Å². The molecule has 5 nitrogen and oxygen atoms in total. The number of anilines is 2. The monoisotopic (exact) mass is 574 g/mol. The predicted octanol–water partition coefficient (Wildman–Crippen LogP) is 6.59. The molecule has 0 unspecified atom stereocenters. The van der Waals surface area contributed by atoms with E-state index in [1.807, 2.05) is 6.07 Å². The Morgan fingerprint density at radius 2 is 1.82 bits per heavy atom. The van der Waals surface area contributed by atoms with Gasteiger partial charge in [0.2, 0.25) is 0 Å². The van der Waals surface area contributed by atoms with Gasteiger partial charge in [0.05, 0.1) is 17.1 Å². The zero-order chi connectivity index (χ0) is 23.4. The van der Waals surface area contributed by atoms with Crippen molar-refractivity contribution in [1.82, 2.24) is 10.3 Å². The Balaban J connectivity index is 1.30. The Bertz CT molecular complexity index is 1100. The first-order valence-electron chi connectivity index (χ1n) is 11.5. The number of methoxy groups -OCH3 is 1. The Kier molecular flexibility index (Phi) is 8.15. The third-order valence-electron chi connectivity index (χ3n) is 6.41. The number of pyridine rings is 1. The van der Waals surface area contributed by atoms with Crippen LogP contribution in [-0.2, 0) is 6.54 Å². The number of hydrogen-bond donors (Lipinski definition) is 2. The van der Waals surface area contributed by atoms with E-state index in [9.17, 15) is 0 Å². The maximum Gasteiger partial charge on any atom is 0.137 e. The van der Waals surface area contributed by atoms with Crippen molar-refractivity contribution in [2.45, 2.75) is 38.3 Å². The zero-order valence-electron chi connectivity index (χ0n) is 19.5. The van der Waals surface area contributed by atoms with Crippen LogP contribution in [-0.4, -0.2) is 38.8 Å². The van der Waals surface area contributed by atoms with Gasteiger partial charge in [-0.3, -0.25) is 0 Å². The van der Waals surface area contributed by atoms with Gasteiger partial charge in [-0.25, -0.2) is 4.98 Å². The van der Waals surface area contributed by atoms with Gasteiger partial charge < -0.3 is 20.3 Å². The van der Waals surface area contributed by atoms with Gasteiger partial charge in [0.25, 0.3) is 0 Å². The number of para-hydroxylation sites is 1. The fourth-order valence-electron chi connectivity index (χ4n) is 4.71. The Hall–Kier alpha value is -1.83. The van der Waals surface area contributed by atoms with Crippen molar-refractivity contribution < 1.29 is 4.74 Å². The molecule has 0 radical (unpaired) electrons. The molecule has 0 saturated heterocycles. The SMILES string of the molecule is COc1c(Br)cc(Br)cc1CNC[C@H]1CC[C@@H](Nc2cc(N(C)C)c3ccccc3n2)CC1. The number of rotatable bonds is 8. The first-order chi connectivity index (χ1) is 15.9. The first kappa shape index (κ1) is 24.3. The number of aromatic nitrogens is 1. The van der Waals surface area contributed by atoms with Gasteiger partial charge >= 0.3 is 0 Å². The first-order valence-corrected chi connectivity index (χ1v) is 13.1. The van der Waals surface area contributed by atoms with Gasteiger partial charge in [0.1, 0.15) is 11.6 Å². The maximum absolute atomic E-state index is 5.57. The average molecular weight is 576 g/mol. The highest BCUT2D eigenvalue weighted by atomic mass is 79.9. The summed E-state index contributed by atoms with van der Waals surface area (Å²) in [5, 5.41) is 8.55. The van der Waals surface area contributed by atoms with Crippen molar-refractivity contribution >= 4 is 54.3 Å². The summed E-state index contributed by atoms with van der Waals surface area (Å²) in [5.74, 6) is 2.58. The molecule has 1 aliphatic rings. The van der Waals surface area contributed by atoms with Crippen LogP contribution in [0.15, 0.2) is 51.4 Å². The minimum Gasteiger partial charge on any atom is -0.495 e. The van der Waals surface area contributed by atoms with Crippen molar-refractivity contribution in [3.05, 3.63) is 57.0 Å². The molecule has 0 atom stereocenters. The molecule has 0 bridgehead atoms. The summed E-state index contributed by atoms with van der Waals surface area (Å²) in [6, 6.07) is 15.2. The van der Waals surface area contributed by atoms with Crippen LogP contribution in [0.1, 0.15) is 31.2 Å². The van der Waals surface area contributed by atoms with E-state index in [2.05, 4.69) is 97.9 Å². The van der Waals surface area contributed by atoms with Crippen LogP contribution in [0.3, 0.4) is 0 Å². The quantitative estimate of drug-likeness (QED) is 0.317. The van der Waals surface area contributed by atoms with Gasteiger partial charge in [0.15, 0.2) is 0 Å². The highest BCUT2D eigenvalue weighted by Crippen LogP contribution is 2.33. The minimum absolute atomic E-state index is 0.478. The summed E-state index contributed by atoms with van der Waals surface area (Å²) in [7, 11) is 5.90. The topological polar surface area (TPSA) is 49.4 Å². The molecule has 176 valence electrons. The van der Waals surface area contributed by atoms with Crippen molar-refractivity contribution in [3.63, 3.8) is 0 Å². The van der Waals surface area contributed by atoms with E-state index in [0.29, 0.717) is 12.0 Å². The number of ether oxygens (including phenoxy) is 1. The van der Waals surface area contributed by atoms with E-state index in [0.717, 1.165) is 44.7 Å². The second-order valence-corrected chi connectivity index (χ2v) is 10.8. The average Bonchev–Trinajstić information content (AvgIpc) is 2.79. The van der Waals surface area contributed by atoms with Crippen molar-refractivity contribution in [3.8, 4) is 5.75 Å². The molecule has 1 aliphatic carbocycles. The Morgan fingerprint density at radius 1 is 1.06 bits per heavy atom. The molecule has 33 heavy (non-hydrogen) atoms. The fourth-order valence-corrected chi connectivity index (χ4v) is 6.18. The molecule has 2 N–H and O–H groups in total. The molecule has 2 aromatic carbocycles. The van der Waals surface area contributed by atoms with Crippen LogP contribution in [0.5, 0.6) is 5.75 Å². The molecule has 1 aromatic heterocycles. The summed E-state index contributed by atoms with van der Waals surface area (Å²) in [5.41, 5.74) is 3.41. The van der Waals surface area contributed by atoms with Crippen LogP contribution >= 0.6 is 31.9 Å². The van der Waals surface area contributed by atoms with E-state index in [1.165, 1.54) is 36.8 Å². The van der Waals surface area contributed by atoms with Crippen LogP contribution in [0, 0.1) is 5.92 Å². The van der Waals surface area contributed by atoms with Gasteiger partial charge in [0, 0.05) is 53.9 Å². The van der Waals surface area contributed by atoms with Crippen LogP contribution in [0.4, 0.5) is 11.5 Å². The summed E-state index contributed by atoms with van der Waals surface area (Å²) >= 11 is 7.16. The summed E-state index contributed by atoms with van der Waals surface area (Å²) in [4.78, 5) is 7.04. The van der Waals surface area contributed by atoms with Crippen LogP contribution in [0.25, 0.3) is 10.9 Å². The lowest BCUT2D eigenvalue weighted by atomic mass is 9.86. The molecular weight excluding hydrogens is 544 g/mol. The lowest BCUT2D eigenvalue weighted by Crippen LogP contribution is -2.31. The standard InChI is InChI=1S/C26H32Br2N4O/c1-32(2)24-14-25(31-23-7-5-4-6-21(23)24)30-20-10-8-17(9-11-20)15-29-16-18-12-19(27)13-22(28)26(18)33-3/h4-7,12-14,17,20,29H,8-11,15-16H2,1-3H3,(H,30,31)/t17-,20+. The van der Waals surface area contributed by atoms with Gasteiger partial charge in [-0.2, -0.15) is 0 Å². The number of benzene rings is 2. The molecule has 3 aromatic rings. The molecule has 4 rings (SSSR count). The molecular formula is C26H32Br2N4O. The fraction of sp³-hybridized carbons (Fsp3) is 0.423. The van der Waals surface area contributed by atoms with E-state index < -0.39 is 0 Å². The molecule has 0 spiro atoms. The van der Waals surface area contributed by atoms with Crippen LogP contribution in [0.2, 0.25) is 0 Å². The van der Waals surface area contributed by atoms with Crippen LogP contribution < -0.4 is 20.3 Å².